The Bertz CT molecular complexity index is 499. The lowest BCUT2D eigenvalue weighted by Crippen LogP contribution is -2.21. The van der Waals surface area contributed by atoms with Crippen LogP contribution in [0.4, 0.5) is 5.69 Å². The third kappa shape index (κ3) is 3.15. The van der Waals surface area contributed by atoms with Gasteiger partial charge >= 0.3 is 0 Å². The zero-order valence-corrected chi connectivity index (χ0v) is 11.0. The third-order valence-electron chi connectivity index (χ3n) is 3.56. The number of anilines is 1. The Morgan fingerprint density at radius 2 is 2.21 bits per heavy atom. The maximum absolute atomic E-state index is 4.27. The number of benzene rings is 1. The molecular weight excluding hydrogens is 236 g/mol. The summed E-state index contributed by atoms with van der Waals surface area (Å²) in [6.07, 6.45) is 7.44. The van der Waals surface area contributed by atoms with Gasteiger partial charge in [-0.05, 0) is 56.6 Å². The number of hydrogen-bond donors (Lipinski definition) is 2. The smallest absolute Gasteiger partial charge is 0.0666 e. The van der Waals surface area contributed by atoms with Gasteiger partial charge in [0.15, 0.2) is 0 Å². The number of nitrogens with zero attached hydrogens (tertiary/aromatic N) is 2. The van der Waals surface area contributed by atoms with Crippen LogP contribution in [0.15, 0.2) is 42.7 Å². The van der Waals surface area contributed by atoms with Crippen molar-refractivity contribution in [2.24, 2.45) is 0 Å². The monoisotopic (exact) mass is 256 g/mol. The molecule has 4 heteroatoms. The molecule has 0 saturated carbocycles. The average molecular weight is 256 g/mol. The lowest BCUT2D eigenvalue weighted by Gasteiger charge is -2.18. The van der Waals surface area contributed by atoms with Crippen LogP contribution in [0.1, 0.15) is 19.3 Å². The lowest BCUT2D eigenvalue weighted by atomic mass is 10.1. The van der Waals surface area contributed by atoms with Crippen LogP contribution in [0.3, 0.4) is 0 Å². The molecule has 1 aliphatic heterocycles. The molecule has 0 spiro atoms. The molecule has 0 amide bonds. The van der Waals surface area contributed by atoms with Gasteiger partial charge in [-0.25, -0.2) is 4.68 Å². The Morgan fingerprint density at radius 3 is 3.11 bits per heavy atom. The van der Waals surface area contributed by atoms with E-state index < -0.39 is 0 Å². The van der Waals surface area contributed by atoms with Crippen molar-refractivity contribution in [2.75, 3.05) is 18.4 Å². The molecule has 3 rings (SSSR count). The summed E-state index contributed by atoms with van der Waals surface area (Å²) in [5.41, 5.74) is 2.28. The standard InChI is InChI=1S/C15H20N4/c1-4-14(18-13-5-2-8-16-10-7-13)12-15(6-1)19-11-3-9-17-19/h1,3-4,6,9,11-13,16,18H,2,5,7-8,10H2. The Hall–Kier alpha value is -1.81. The van der Waals surface area contributed by atoms with Gasteiger partial charge in [0.1, 0.15) is 0 Å². The van der Waals surface area contributed by atoms with Crippen molar-refractivity contribution in [3.8, 4) is 5.69 Å². The predicted molar refractivity (Wildman–Crippen MR) is 77.7 cm³/mol. The van der Waals surface area contributed by atoms with Crippen LogP contribution in [0.5, 0.6) is 0 Å². The molecule has 100 valence electrons. The number of hydrogen-bond acceptors (Lipinski definition) is 3. The second kappa shape index (κ2) is 5.89. The van der Waals surface area contributed by atoms with Gasteiger partial charge in [-0.2, -0.15) is 5.10 Å². The Morgan fingerprint density at radius 1 is 1.21 bits per heavy atom. The van der Waals surface area contributed by atoms with Crippen molar-refractivity contribution in [3.63, 3.8) is 0 Å². The zero-order valence-electron chi connectivity index (χ0n) is 11.0. The predicted octanol–water partition coefficient (Wildman–Crippen LogP) is 2.43. The normalized spacial score (nSPS) is 19.9. The van der Waals surface area contributed by atoms with Crippen molar-refractivity contribution in [1.82, 2.24) is 15.1 Å². The van der Waals surface area contributed by atoms with Crippen LogP contribution in [0.2, 0.25) is 0 Å². The van der Waals surface area contributed by atoms with Crippen molar-refractivity contribution < 1.29 is 0 Å². The molecule has 1 unspecified atom stereocenters. The zero-order chi connectivity index (χ0) is 12.9. The lowest BCUT2D eigenvalue weighted by molar-refractivity contribution is 0.637. The summed E-state index contributed by atoms with van der Waals surface area (Å²) >= 11 is 0. The largest absolute Gasteiger partial charge is 0.382 e. The minimum atomic E-state index is 0.572. The molecule has 0 bridgehead atoms. The Balaban J connectivity index is 1.72. The van der Waals surface area contributed by atoms with Gasteiger partial charge in [-0.3, -0.25) is 0 Å². The molecule has 1 saturated heterocycles. The highest BCUT2D eigenvalue weighted by molar-refractivity contribution is 5.51. The van der Waals surface area contributed by atoms with E-state index in [1.165, 1.54) is 24.9 Å². The van der Waals surface area contributed by atoms with Crippen molar-refractivity contribution in [1.29, 1.82) is 0 Å². The molecule has 2 aromatic rings. The summed E-state index contributed by atoms with van der Waals surface area (Å²) < 4.78 is 1.89. The van der Waals surface area contributed by atoms with Crippen molar-refractivity contribution in [3.05, 3.63) is 42.7 Å². The van der Waals surface area contributed by atoms with E-state index in [1.807, 2.05) is 16.9 Å². The molecule has 1 fully saturated rings. The van der Waals surface area contributed by atoms with E-state index in [1.54, 1.807) is 6.20 Å². The number of rotatable bonds is 3. The first kappa shape index (κ1) is 12.2. The topological polar surface area (TPSA) is 41.9 Å². The fourth-order valence-corrected chi connectivity index (χ4v) is 2.56. The maximum atomic E-state index is 4.27. The molecule has 2 heterocycles. The molecule has 0 aliphatic carbocycles. The van der Waals surface area contributed by atoms with Crippen LogP contribution < -0.4 is 10.6 Å². The van der Waals surface area contributed by atoms with Gasteiger partial charge in [-0.15, -0.1) is 0 Å². The molecule has 1 aromatic carbocycles. The van der Waals surface area contributed by atoms with Gasteiger partial charge in [0.05, 0.1) is 5.69 Å². The molecule has 4 nitrogen and oxygen atoms in total. The molecular formula is C15H20N4. The quantitative estimate of drug-likeness (QED) is 0.886. The van der Waals surface area contributed by atoms with E-state index in [2.05, 4.69) is 40.0 Å². The first-order valence-electron chi connectivity index (χ1n) is 6.99. The summed E-state index contributed by atoms with van der Waals surface area (Å²) in [6.45, 7) is 2.25. The first-order chi connectivity index (χ1) is 9.42. The Kier molecular flexibility index (Phi) is 3.79. The third-order valence-corrected chi connectivity index (χ3v) is 3.56. The average Bonchev–Trinajstić information content (AvgIpc) is 2.86. The summed E-state index contributed by atoms with van der Waals surface area (Å²) in [7, 11) is 0. The summed E-state index contributed by atoms with van der Waals surface area (Å²) in [6, 6.07) is 11.0. The SMILES string of the molecule is c1cc(NC2CCCNCC2)cc(-n2cccn2)c1. The summed E-state index contributed by atoms with van der Waals surface area (Å²) in [5.74, 6) is 0. The maximum Gasteiger partial charge on any atom is 0.0666 e. The number of nitrogens with one attached hydrogen (secondary N) is 2. The van der Waals surface area contributed by atoms with Crippen molar-refractivity contribution in [2.45, 2.75) is 25.3 Å². The van der Waals surface area contributed by atoms with Gasteiger partial charge in [0.25, 0.3) is 0 Å². The highest BCUT2D eigenvalue weighted by Crippen LogP contribution is 2.17. The minimum Gasteiger partial charge on any atom is -0.382 e. The van der Waals surface area contributed by atoms with Crippen LogP contribution >= 0.6 is 0 Å². The molecule has 1 aromatic heterocycles. The fraction of sp³-hybridized carbons (Fsp3) is 0.400. The molecule has 2 N–H and O–H groups in total. The van der Waals surface area contributed by atoms with Crippen LogP contribution in [0.25, 0.3) is 5.69 Å². The number of aromatic nitrogens is 2. The van der Waals surface area contributed by atoms with E-state index in [-0.39, 0.29) is 0 Å². The minimum absolute atomic E-state index is 0.572. The van der Waals surface area contributed by atoms with Crippen LogP contribution in [-0.4, -0.2) is 28.9 Å². The fourth-order valence-electron chi connectivity index (χ4n) is 2.56. The second-order valence-electron chi connectivity index (χ2n) is 5.02. The van der Waals surface area contributed by atoms with Gasteiger partial charge in [0, 0.05) is 24.1 Å². The van der Waals surface area contributed by atoms with Crippen LogP contribution in [0, 0.1) is 0 Å². The van der Waals surface area contributed by atoms with Gasteiger partial charge < -0.3 is 10.6 Å². The van der Waals surface area contributed by atoms with Gasteiger partial charge in [-0.1, -0.05) is 6.07 Å². The summed E-state index contributed by atoms with van der Waals surface area (Å²) in [5, 5.41) is 11.4. The summed E-state index contributed by atoms with van der Waals surface area (Å²) in [4.78, 5) is 0. The molecule has 0 radical (unpaired) electrons. The van der Waals surface area contributed by atoms with E-state index >= 15 is 0 Å². The highest BCUT2D eigenvalue weighted by Gasteiger charge is 2.11. The molecule has 1 aliphatic rings. The van der Waals surface area contributed by atoms with E-state index in [4.69, 9.17) is 0 Å². The Labute approximate surface area is 113 Å². The first-order valence-corrected chi connectivity index (χ1v) is 6.99. The molecule has 19 heavy (non-hydrogen) atoms. The van der Waals surface area contributed by atoms with E-state index in [0.29, 0.717) is 6.04 Å². The second-order valence-corrected chi connectivity index (χ2v) is 5.02. The van der Waals surface area contributed by atoms with E-state index in [0.717, 1.165) is 18.8 Å². The van der Waals surface area contributed by atoms with Gasteiger partial charge in [0.2, 0.25) is 0 Å². The van der Waals surface area contributed by atoms with Crippen LogP contribution in [-0.2, 0) is 0 Å². The van der Waals surface area contributed by atoms with E-state index in [9.17, 15) is 0 Å². The highest BCUT2D eigenvalue weighted by atomic mass is 15.3. The van der Waals surface area contributed by atoms with Crippen molar-refractivity contribution >= 4 is 5.69 Å². The molecule has 1 atom stereocenters.